The Morgan fingerprint density at radius 3 is 1.25 bits per heavy atom. The number of hydrogen-bond acceptors (Lipinski definition) is 1. The van der Waals surface area contributed by atoms with E-state index in [-0.39, 0.29) is 0 Å². The zero-order valence-electron chi connectivity index (χ0n) is 33.7. The van der Waals surface area contributed by atoms with E-state index in [2.05, 4.69) is 226 Å². The van der Waals surface area contributed by atoms with Gasteiger partial charge in [0.1, 0.15) is 0 Å². The van der Waals surface area contributed by atoms with E-state index >= 15 is 0 Å². The van der Waals surface area contributed by atoms with Gasteiger partial charge < -0.3 is 18.3 Å². The van der Waals surface area contributed by atoms with E-state index in [0.29, 0.717) is 0 Å². The third-order valence-corrected chi connectivity index (χ3v) is 14.0. The van der Waals surface area contributed by atoms with Crippen molar-refractivity contribution < 1.29 is 0 Å². The van der Waals surface area contributed by atoms with Crippen LogP contribution in [-0.4, -0.2) is 18.3 Å². The maximum absolute atomic E-state index is 2.43. The number of rotatable bonds is 5. The summed E-state index contributed by atoms with van der Waals surface area (Å²) >= 11 is 1.83. The summed E-state index contributed by atoms with van der Waals surface area (Å²) in [6.45, 7) is 0. The molecule has 9 aromatic carbocycles. The van der Waals surface area contributed by atoms with Crippen LogP contribution in [0.4, 0.5) is 0 Å². The molecule has 4 heterocycles. The van der Waals surface area contributed by atoms with Gasteiger partial charge in [-0.3, -0.25) is 0 Å². The molecule has 5 heteroatoms. The van der Waals surface area contributed by atoms with Gasteiger partial charge in [0.15, 0.2) is 0 Å². The number of benzene rings is 9. The number of para-hydroxylation sites is 4. The molecule has 13 rings (SSSR count). The molecular weight excluding hydrogens is 761 g/mol. The number of aromatic nitrogens is 4. The summed E-state index contributed by atoms with van der Waals surface area (Å²) < 4.78 is 9.44. The van der Waals surface area contributed by atoms with Crippen LogP contribution in [0.2, 0.25) is 0 Å². The van der Waals surface area contributed by atoms with E-state index in [1.807, 2.05) is 11.8 Å². The molecule has 0 saturated heterocycles. The fraction of sp³-hybridized carbons (Fsp3) is 0.0357. The SMILES string of the molecule is Cn1c2ccccc2c2cc(-c3cccc(-n4c5ccccc5c5cc(Sc6ccc7c(c6)c6ccccc6n7-c6ccc7c(c6)c6ccccc6n7C)ccc54)c3)ccc21. The highest BCUT2D eigenvalue weighted by molar-refractivity contribution is 7.99. The van der Waals surface area contributed by atoms with Crippen molar-refractivity contribution in [3.63, 3.8) is 0 Å². The maximum Gasteiger partial charge on any atom is 0.0541 e. The molecule has 61 heavy (non-hydrogen) atoms. The van der Waals surface area contributed by atoms with Gasteiger partial charge in [0.2, 0.25) is 0 Å². The molecule has 0 bridgehead atoms. The van der Waals surface area contributed by atoms with Crippen LogP contribution in [0.1, 0.15) is 0 Å². The van der Waals surface area contributed by atoms with Crippen molar-refractivity contribution >= 4 is 99.0 Å². The van der Waals surface area contributed by atoms with Gasteiger partial charge in [0, 0.05) is 100 Å². The lowest BCUT2D eigenvalue weighted by Gasteiger charge is -2.11. The third kappa shape index (κ3) is 5.08. The molecule has 0 N–H and O–H groups in total. The molecule has 0 amide bonds. The molecule has 4 aromatic heterocycles. The lowest BCUT2D eigenvalue weighted by Crippen LogP contribution is -1.94. The molecule has 0 atom stereocenters. The van der Waals surface area contributed by atoms with Gasteiger partial charge in [0.05, 0.1) is 22.1 Å². The fourth-order valence-electron chi connectivity index (χ4n) is 10.2. The Kier molecular flexibility index (Phi) is 7.34. The van der Waals surface area contributed by atoms with Crippen LogP contribution in [-0.2, 0) is 14.1 Å². The molecular formula is C56H38N4S. The molecule has 0 unspecified atom stereocenters. The summed E-state index contributed by atoms with van der Waals surface area (Å²) in [5.41, 5.74) is 14.6. The van der Waals surface area contributed by atoms with Crippen LogP contribution in [0.15, 0.2) is 204 Å². The largest absolute Gasteiger partial charge is 0.344 e. The fourth-order valence-corrected chi connectivity index (χ4v) is 11.1. The standard InChI is InChI=1S/C56H38N4S/c1-57-49-18-7-3-14-41(49)45-31-36(22-26-51(45)57)35-12-11-13-37(30-35)59-53-20-9-5-16-43(53)47-33-39(24-28-55(47)59)61-40-25-29-56-48(34-40)44-17-6-10-21-54(44)60(56)38-23-27-52-46(32-38)42-15-4-8-19-50(42)58(52)2/h3-34H,1-2H3. The smallest absolute Gasteiger partial charge is 0.0541 e. The third-order valence-electron chi connectivity index (χ3n) is 13.0. The summed E-state index contributed by atoms with van der Waals surface area (Å²) in [4.78, 5) is 2.44. The quantitative estimate of drug-likeness (QED) is 0.170. The molecule has 13 aromatic rings. The van der Waals surface area contributed by atoms with Gasteiger partial charge in [0.25, 0.3) is 0 Å². The lowest BCUT2D eigenvalue weighted by molar-refractivity contribution is 1.01. The highest BCUT2D eigenvalue weighted by Gasteiger charge is 2.18. The van der Waals surface area contributed by atoms with E-state index in [9.17, 15) is 0 Å². The van der Waals surface area contributed by atoms with Crippen molar-refractivity contribution in [2.45, 2.75) is 9.79 Å². The number of hydrogen-bond donors (Lipinski definition) is 0. The van der Waals surface area contributed by atoms with E-state index in [0.717, 1.165) is 5.69 Å². The van der Waals surface area contributed by atoms with Crippen LogP contribution in [0.25, 0.3) is 110 Å². The zero-order chi connectivity index (χ0) is 40.3. The molecule has 0 aliphatic heterocycles. The van der Waals surface area contributed by atoms with Crippen molar-refractivity contribution in [2.75, 3.05) is 0 Å². The second-order valence-electron chi connectivity index (χ2n) is 16.3. The molecule has 0 aliphatic rings. The highest BCUT2D eigenvalue weighted by atomic mass is 32.2. The van der Waals surface area contributed by atoms with Gasteiger partial charge in [-0.1, -0.05) is 103 Å². The van der Waals surface area contributed by atoms with E-state index in [1.165, 1.54) is 114 Å². The highest BCUT2D eigenvalue weighted by Crippen LogP contribution is 2.41. The van der Waals surface area contributed by atoms with Gasteiger partial charge in [-0.05, 0) is 114 Å². The first-order valence-corrected chi connectivity index (χ1v) is 21.7. The second-order valence-corrected chi connectivity index (χ2v) is 17.4. The molecule has 4 nitrogen and oxygen atoms in total. The van der Waals surface area contributed by atoms with Gasteiger partial charge in [-0.2, -0.15) is 0 Å². The summed E-state index contributed by atoms with van der Waals surface area (Å²) in [6, 6.07) is 71.7. The van der Waals surface area contributed by atoms with E-state index < -0.39 is 0 Å². The van der Waals surface area contributed by atoms with Gasteiger partial charge >= 0.3 is 0 Å². The second kappa shape index (κ2) is 13.0. The molecule has 288 valence electrons. The van der Waals surface area contributed by atoms with Crippen molar-refractivity contribution in [2.24, 2.45) is 14.1 Å². The summed E-state index contributed by atoms with van der Waals surface area (Å²) in [5.74, 6) is 0. The van der Waals surface area contributed by atoms with E-state index in [4.69, 9.17) is 0 Å². The Morgan fingerprint density at radius 2 is 0.672 bits per heavy atom. The van der Waals surface area contributed by atoms with Crippen molar-refractivity contribution in [3.05, 3.63) is 194 Å². The topological polar surface area (TPSA) is 19.7 Å². The zero-order valence-corrected chi connectivity index (χ0v) is 34.5. The normalized spacial score (nSPS) is 12.2. The van der Waals surface area contributed by atoms with Crippen LogP contribution < -0.4 is 0 Å². The van der Waals surface area contributed by atoms with Gasteiger partial charge in [-0.15, -0.1) is 0 Å². The first-order valence-electron chi connectivity index (χ1n) is 20.9. The molecule has 0 fully saturated rings. The average Bonchev–Trinajstić information content (AvgIpc) is 4.01. The van der Waals surface area contributed by atoms with Crippen LogP contribution >= 0.6 is 11.8 Å². The summed E-state index contributed by atoms with van der Waals surface area (Å²) in [6.07, 6.45) is 0. The summed E-state index contributed by atoms with van der Waals surface area (Å²) in [7, 11) is 4.32. The minimum absolute atomic E-state index is 1.16. The molecule has 0 spiro atoms. The number of nitrogens with zero attached hydrogens (tertiary/aromatic N) is 4. The predicted octanol–water partition coefficient (Wildman–Crippen LogP) is 15.0. The minimum atomic E-state index is 1.16. The number of aryl methyl sites for hydroxylation is 2. The average molecular weight is 799 g/mol. The van der Waals surface area contributed by atoms with E-state index in [1.54, 1.807) is 0 Å². The minimum Gasteiger partial charge on any atom is -0.344 e. The molecule has 0 saturated carbocycles. The molecule has 0 radical (unpaired) electrons. The van der Waals surface area contributed by atoms with Gasteiger partial charge in [-0.25, -0.2) is 0 Å². The number of fused-ring (bicyclic) bond motifs is 12. The Hall–Kier alpha value is -7.47. The van der Waals surface area contributed by atoms with Crippen molar-refractivity contribution in [3.8, 4) is 22.5 Å². The van der Waals surface area contributed by atoms with Crippen LogP contribution in [0.5, 0.6) is 0 Å². The Labute approximate surface area is 356 Å². The van der Waals surface area contributed by atoms with Crippen molar-refractivity contribution in [1.29, 1.82) is 0 Å². The Morgan fingerprint density at radius 1 is 0.279 bits per heavy atom. The predicted molar refractivity (Wildman–Crippen MR) is 259 cm³/mol. The monoisotopic (exact) mass is 798 g/mol. The Balaban J connectivity index is 0.889. The summed E-state index contributed by atoms with van der Waals surface area (Å²) in [5, 5.41) is 10.2. The van der Waals surface area contributed by atoms with Crippen LogP contribution in [0.3, 0.4) is 0 Å². The Bertz CT molecular complexity index is 3950. The van der Waals surface area contributed by atoms with Crippen LogP contribution in [0, 0.1) is 0 Å². The molecule has 0 aliphatic carbocycles. The maximum atomic E-state index is 2.43. The first kappa shape index (κ1) is 34.4. The van der Waals surface area contributed by atoms with Crippen molar-refractivity contribution in [1.82, 2.24) is 18.3 Å². The lowest BCUT2D eigenvalue weighted by atomic mass is 10.0. The first-order chi connectivity index (χ1) is 30.1.